The van der Waals surface area contributed by atoms with Crippen LogP contribution in [-0.2, 0) is 22.7 Å². The molecule has 0 spiro atoms. The van der Waals surface area contributed by atoms with Crippen LogP contribution in [0.25, 0.3) is 6.08 Å². The van der Waals surface area contributed by atoms with Crippen molar-refractivity contribution in [3.63, 3.8) is 0 Å². The molecule has 1 saturated heterocycles. The van der Waals surface area contributed by atoms with Gasteiger partial charge in [0.05, 0.1) is 13.7 Å². The number of hydrogen-bond acceptors (Lipinski definition) is 8. The highest BCUT2D eigenvalue weighted by atomic mass is 16.7. The van der Waals surface area contributed by atoms with Crippen LogP contribution in [0.3, 0.4) is 0 Å². The molecule has 0 unspecified atom stereocenters. The van der Waals surface area contributed by atoms with Crippen molar-refractivity contribution in [2.75, 3.05) is 13.9 Å². The first kappa shape index (κ1) is 22.1. The number of hydrogen-bond donors (Lipinski definition) is 1. The number of fused-ring (bicyclic) bond motifs is 1. The van der Waals surface area contributed by atoms with Crippen LogP contribution in [0, 0.1) is 0 Å². The highest BCUT2D eigenvalue weighted by molar-refractivity contribution is 6.13. The zero-order valence-electron chi connectivity index (χ0n) is 18.6. The Morgan fingerprint density at radius 3 is 2.80 bits per heavy atom. The van der Waals surface area contributed by atoms with Gasteiger partial charge in [0, 0.05) is 0 Å². The quantitative estimate of drug-likeness (QED) is 0.313. The topological polar surface area (TPSA) is 117 Å². The third-order valence-corrected chi connectivity index (χ3v) is 5.34. The summed E-state index contributed by atoms with van der Waals surface area (Å²) in [5, 5.41) is 2.56. The lowest BCUT2D eigenvalue weighted by molar-refractivity contribution is -0.123. The first-order valence-electron chi connectivity index (χ1n) is 10.6. The predicted molar refractivity (Wildman–Crippen MR) is 120 cm³/mol. The summed E-state index contributed by atoms with van der Waals surface area (Å²) < 4.78 is 26.5. The van der Waals surface area contributed by atoms with Crippen molar-refractivity contribution in [1.29, 1.82) is 0 Å². The molecule has 0 radical (unpaired) electrons. The Balaban J connectivity index is 1.25. The molecule has 1 fully saturated rings. The van der Waals surface area contributed by atoms with E-state index in [0.29, 0.717) is 29.4 Å². The maximum Gasteiger partial charge on any atom is 0.373 e. The van der Waals surface area contributed by atoms with Crippen LogP contribution >= 0.6 is 0 Å². The van der Waals surface area contributed by atoms with E-state index < -0.39 is 17.9 Å². The van der Waals surface area contributed by atoms with E-state index in [0.717, 1.165) is 10.5 Å². The summed E-state index contributed by atoms with van der Waals surface area (Å²) in [5.74, 6) is 1.08. The molecular formula is C25H20N2O8. The number of furan rings is 1. The van der Waals surface area contributed by atoms with Gasteiger partial charge in [0.25, 0.3) is 5.91 Å². The van der Waals surface area contributed by atoms with Gasteiger partial charge in [-0.15, -0.1) is 0 Å². The summed E-state index contributed by atoms with van der Waals surface area (Å²) in [6, 6.07) is 15.1. The summed E-state index contributed by atoms with van der Waals surface area (Å²) in [7, 11) is 1.23. The van der Waals surface area contributed by atoms with Crippen LogP contribution in [0.15, 0.2) is 64.7 Å². The van der Waals surface area contributed by atoms with Crippen molar-refractivity contribution in [3.8, 4) is 17.2 Å². The minimum Gasteiger partial charge on any atom is -0.489 e. The number of urea groups is 1. The van der Waals surface area contributed by atoms with Crippen LogP contribution in [0.1, 0.15) is 27.4 Å². The zero-order valence-corrected chi connectivity index (χ0v) is 18.6. The summed E-state index contributed by atoms with van der Waals surface area (Å²) in [5.41, 5.74) is 1.70. The first-order valence-corrected chi connectivity index (χ1v) is 10.6. The van der Waals surface area contributed by atoms with E-state index in [-0.39, 0.29) is 30.6 Å². The smallest absolute Gasteiger partial charge is 0.373 e. The molecule has 3 amide bonds. The Kier molecular flexibility index (Phi) is 5.84. The van der Waals surface area contributed by atoms with Crippen LogP contribution < -0.4 is 19.5 Å². The predicted octanol–water partition coefficient (Wildman–Crippen LogP) is 3.47. The zero-order chi connectivity index (χ0) is 24.4. The average molecular weight is 476 g/mol. The number of esters is 1. The molecule has 1 N–H and O–H groups in total. The molecule has 5 rings (SSSR count). The lowest BCUT2D eigenvalue weighted by Gasteiger charge is -2.09. The van der Waals surface area contributed by atoms with Crippen LogP contribution in [0.4, 0.5) is 4.79 Å². The first-order chi connectivity index (χ1) is 17.0. The molecule has 0 bridgehead atoms. The van der Waals surface area contributed by atoms with Gasteiger partial charge in [-0.25, -0.2) is 9.59 Å². The van der Waals surface area contributed by atoms with Crippen molar-refractivity contribution in [2.24, 2.45) is 0 Å². The molecule has 0 saturated carbocycles. The number of amides is 3. The van der Waals surface area contributed by atoms with E-state index in [1.54, 1.807) is 30.3 Å². The molecule has 2 aliphatic heterocycles. The fourth-order valence-corrected chi connectivity index (χ4v) is 3.60. The van der Waals surface area contributed by atoms with Gasteiger partial charge in [-0.2, -0.15) is 0 Å². The molecular weight excluding hydrogens is 456 g/mol. The molecule has 10 heteroatoms. The van der Waals surface area contributed by atoms with E-state index in [1.165, 1.54) is 19.2 Å². The van der Waals surface area contributed by atoms with Gasteiger partial charge in [0.15, 0.2) is 11.5 Å². The summed E-state index contributed by atoms with van der Waals surface area (Å²) in [6.07, 6.45) is 1.57. The largest absolute Gasteiger partial charge is 0.489 e. The summed E-state index contributed by atoms with van der Waals surface area (Å²) in [6.45, 7) is 0.396. The van der Waals surface area contributed by atoms with Gasteiger partial charge >= 0.3 is 12.0 Å². The van der Waals surface area contributed by atoms with Gasteiger partial charge in [-0.3, -0.25) is 9.69 Å². The number of nitrogens with zero attached hydrogens (tertiary/aromatic N) is 1. The number of carbonyl (C=O) groups is 3. The third-order valence-electron chi connectivity index (χ3n) is 5.34. The third kappa shape index (κ3) is 4.67. The minimum atomic E-state index is -0.644. The van der Waals surface area contributed by atoms with Crippen molar-refractivity contribution in [1.82, 2.24) is 10.2 Å². The highest BCUT2D eigenvalue weighted by Crippen LogP contribution is 2.33. The maximum atomic E-state index is 12.8. The normalized spacial score (nSPS) is 15.5. The number of ether oxygens (including phenoxy) is 4. The maximum absolute atomic E-state index is 12.8. The SMILES string of the molecule is COC(=O)c1ccc(CN2C(=O)NC(=Cc3cccc(OCc4ccc5c(c4)OCO5)c3)C2=O)o1. The average Bonchev–Trinajstić information content (AvgIpc) is 3.59. The fraction of sp³-hybridized carbons (Fsp3) is 0.160. The number of benzene rings is 2. The second-order valence-electron chi connectivity index (χ2n) is 7.69. The van der Waals surface area contributed by atoms with Gasteiger partial charge in [0.1, 0.15) is 23.8 Å². The number of carbonyl (C=O) groups excluding carboxylic acids is 3. The van der Waals surface area contributed by atoms with Gasteiger partial charge < -0.3 is 28.7 Å². The number of nitrogens with one attached hydrogen (secondary N) is 1. The standard InChI is InChI=1S/C25H20N2O8/c1-31-24(29)21-8-6-18(35-21)12-27-23(28)19(26-25(27)30)10-15-3-2-4-17(9-15)32-13-16-5-7-20-22(11-16)34-14-33-20/h2-11H,12-14H2,1H3,(H,26,30). The van der Waals surface area contributed by atoms with E-state index in [9.17, 15) is 14.4 Å². The van der Waals surface area contributed by atoms with E-state index in [1.807, 2.05) is 18.2 Å². The molecule has 3 heterocycles. The molecule has 1 aromatic heterocycles. The van der Waals surface area contributed by atoms with Crippen molar-refractivity contribution in [3.05, 3.63) is 82.9 Å². The monoisotopic (exact) mass is 476 g/mol. The Bertz CT molecular complexity index is 1340. The molecule has 10 nitrogen and oxygen atoms in total. The van der Waals surface area contributed by atoms with Gasteiger partial charge in [-0.05, 0) is 53.6 Å². The van der Waals surface area contributed by atoms with Crippen molar-refractivity contribution < 1.29 is 37.7 Å². The lowest BCUT2D eigenvalue weighted by atomic mass is 10.1. The Morgan fingerprint density at radius 2 is 1.94 bits per heavy atom. The molecule has 3 aromatic rings. The van der Waals surface area contributed by atoms with Crippen LogP contribution in [0.2, 0.25) is 0 Å². The molecule has 2 aromatic carbocycles. The molecule has 2 aliphatic rings. The number of imide groups is 1. The highest BCUT2D eigenvalue weighted by Gasteiger charge is 2.34. The van der Waals surface area contributed by atoms with Crippen molar-refractivity contribution >= 4 is 24.0 Å². The van der Waals surface area contributed by atoms with Crippen LogP contribution in [0.5, 0.6) is 17.2 Å². The summed E-state index contributed by atoms with van der Waals surface area (Å²) in [4.78, 5) is 37.7. The lowest BCUT2D eigenvalue weighted by Crippen LogP contribution is -2.30. The van der Waals surface area contributed by atoms with E-state index in [4.69, 9.17) is 18.6 Å². The van der Waals surface area contributed by atoms with E-state index in [2.05, 4.69) is 10.1 Å². The Hall–Kier alpha value is -4.73. The van der Waals surface area contributed by atoms with E-state index >= 15 is 0 Å². The van der Waals surface area contributed by atoms with Crippen LogP contribution in [-0.4, -0.2) is 36.7 Å². The molecule has 178 valence electrons. The Labute approximate surface area is 199 Å². The van der Waals surface area contributed by atoms with Gasteiger partial charge in [-0.1, -0.05) is 18.2 Å². The second kappa shape index (κ2) is 9.26. The molecule has 0 atom stereocenters. The second-order valence-corrected chi connectivity index (χ2v) is 7.69. The molecule has 35 heavy (non-hydrogen) atoms. The van der Waals surface area contributed by atoms with Crippen molar-refractivity contribution in [2.45, 2.75) is 13.2 Å². The number of methoxy groups -OCH3 is 1. The minimum absolute atomic E-state index is 0.0112. The summed E-state index contributed by atoms with van der Waals surface area (Å²) >= 11 is 0. The number of rotatable bonds is 7. The Morgan fingerprint density at radius 1 is 1.09 bits per heavy atom. The molecule has 0 aliphatic carbocycles. The van der Waals surface area contributed by atoms with Gasteiger partial charge in [0.2, 0.25) is 12.6 Å². The fourth-order valence-electron chi connectivity index (χ4n) is 3.60.